The Hall–Kier alpha value is -0.430. The minimum atomic E-state index is -3.22. The van der Waals surface area contributed by atoms with Crippen molar-refractivity contribution in [3.8, 4) is 0 Å². The fourth-order valence-corrected chi connectivity index (χ4v) is 2.71. The molecule has 0 amide bonds. The Balaban J connectivity index is 2.67. The molecule has 1 aliphatic heterocycles. The SMILES string of the molecule is C=CCS(=O)(=O)N1CCOC(C(C)N)C1. The van der Waals surface area contributed by atoms with Crippen LogP contribution in [-0.2, 0) is 14.8 Å². The van der Waals surface area contributed by atoms with Crippen LogP contribution in [-0.4, -0.2) is 50.3 Å². The summed E-state index contributed by atoms with van der Waals surface area (Å²) in [7, 11) is -3.22. The van der Waals surface area contributed by atoms with Crippen molar-refractivity contribution in [2.75, 3.05) is 25.4 Å². The van der Waals surface area contributed by atoms with Crippen LogP contribution in [0.4, 0.5) is 0 Å². The molecule has 0 spiro atoms. The summed E-state index contributed by atoms with van der Waals surface area (Å²) in [6, 6.07) is -0.160. The van der Waals surface area contributed by atoms with E-state index in [1.807, 2.05) is 6.92 Å². The number of hydrogen-bond donors (Lipinski definition) is 1. The van der Waals surface area contributed by atoms with Gasteiger partial charge in [-0.25, -0.2) is 8.42 Å². The van der Waals surface area contributed by atoms with Gasteiger partial charge in [0.15, 0.2) is 0 Å². The lowest BCUT2D eigenvalue weighted by Crippen LogP contribution is -2.51. The molecule has 1 aliphatic rings. The third-order valence-electron chi connectivity index (χ3n) is 2.36. The van der Waals surface area contributed by atoms with E-state index in [0.29, 0.717) is 19.7 Å². The highest BCUT2D eigenvalue weighted by molar-refractivity contribution is 7.89. The van der Waals surface area contributed by atoms with Gasteiger partial charge in [0.2, 0.25) is 10.0 Å². The molecule has 0 aromatic carbocycles. The van der Waals surface area contributed by atoms with Crippen molar-refractivity contribution >= 4 is 10.0 Å². The van der Waals surface area contributed by atoms with Crippen LogP contribution in [0.5, 0.6) is 0 Å². The van der Waals surface area contributed by atoms with Gasteiger partial charge in [-0.15, -0.1) is 6.58 Å². The molecule has 0 saturated carbocycles. The van der Waals surface area contributed by atoms with E-state index >= 15 is 0 Å². The largest absolute Gasteiger partial charge is 0.374 e. The van der Waals surface area contributed by atoms with Crippen molar-refractivity contribution in [3.63, 3.8) is 0 Å². The van der Waals surface area contributed by atoms with Gasteiger partial charge in [0.25, 0.3) is 0 Å². The summed E-state index contributed by atoms with van der Waals surface area (Å²) in [4.78, 5) is 0. The fourth-order valence-electron chi connectivity index (χ4n) is 1.48. The lowest BCUT2D eigenvalue weighted by atomic mass is 10.2. The summed E-state index contributed by atoms with van der Waals surface area (Å²) in [6.45, 7) is 6.40. The van der Waals surface area contributed by atoms with E-state index in [9.17, 15) is 8.42 Å². The first-order valence-electron chi connectivity index (χ1n) is 4.93. The summed E-state index contributed by atoms with van der Waals surface area (Å²) in [6.07, 6.45) is 1.18. The molecule has 88 valence electrons. The highest BCUT2D eigenvalue weighted by Gasteiger charge is 2.30. The van der Waals surface area contributed by atoms with E-state index in [1.54, 1.807) is 0 Å². The first-order valence-corrected chi connectivity index (χ1v) is 6.54. The van der Waals surface area contributed by atoms with E-state index in [-0.39, 0.29) is 17.9 Å². The smallest absolute Gasteiger partial charge is 0.217 e. The second-order valence-electron chi connectivity index (χ2n) is 3.69. The fraction of sp³-hybridized carbons (Fsp3) is 0.778. The van der Waals surface area contributed by atoms with Crippen molar-refractivity contribution in [1.29, 1.82) is 0 Å². The maximum absolute atomic E-state index is 11.7. The summed E-state index contributed by atoms with van der Waals surface area (Å²) in [5.41, 5.74) is 5.68. The second-order valence-corrected chi connectivity index (χ2v) is 5.71. The zero-order chi connectivity index (χ0) is 11.5. The van der Waals surface area contributed by atoms with Crippen molar-refractivity contribution < 1.29 is 13.2 Å². The zero-order valence-electron chi connectivity index (χ0n) is 8.93. The van der Waals surface area contributed by atoms with Gasteiger partial charge in [-0.1, -0.05) is 6.08 Å². The number of nitrogens with zero attached hydrogens (tertiary/aromatic N) is 1. The molecule has 6 heteroatoms. The van der Waals surface area contributed by atoms with Crippen LogP contribution in [0, 0.1) is 0 Å². The average molecular weight is 234 g/mol. The van der Waals surface area contributed by atoms with E-state index < -0.39 is 10.0 Å². The standard InChI is InChI=1S/C9H18N2O3S/c1-3-6-15(12,13)11-4-5-14-9(7-11)8(2)10/h3,8-9H,1,4-7,10H2,2H3. The molecule has 1 fully saturated rings. The van der Waals surface area contributed by atoms with Crippen molar-refractivity contribution in [1.82, 2.24) is 4.31 Å². The maximum atomic E-state index is 11.7. The van der Waals surface area contributed by atoms with E-state index in [2.05, 4.69) is 6.58 Å². The molecular weight excluding hydrogens is 216 g/mol. The normalized spacial score (nSPS) is 26.1. The predicted molar refractivity (Wildman–Crippen MR) is 58.9 cm³/mol. The Labute approximate surface area is 90.9 Å². The van der Waals surface area contributed by atoms with Crippen LogP contribution in [0.3, 0.4) is 0 Å². The summed E-state index contributed by atoms with van der Waals surface area (Å²) < 4.78 is 30.2. The van der Waals surface area contributed by atoms with Gasteiger partial charge in [-0.2, -0.15) is 4.31 Å². The Kier molecular flexibility index (Phi) is 4.27. The second kappa shape index (κ2) is 5.07. The molecule has 0 bridgehead atoms. The van der Waals surface area contributed by atoms with Crippen molar-refractivity contribution in [2.24, 2.45) is 5.73 Å². The van der Waals surface area contributed by atoms with Crippen molar-refractivity contribution in [2.45, 2.75) is 19.1 Å². The minimum Gasteiger partial charge on any atom is -0.374 e. The lowest BCUT2D eigenvalue weighted by Gasteiger charge is -2.33. The molecule has 1 heterocycles. The Bertz CT molecular complexity index is 313. The van der Waals surface area contributed by atoms with Gasteiger partial charge in [0.1, 0.15) is 0 Å². The molecule has 1 saturated heterocycles. The van der Waals surface area contributed by atoms with Crippen LogP contribution in [0.25, 0.3) is 0 Å². The third kappa shape index (κ3) is 3.27. The third-order valence-corrected chi connectivity index (χ3v) is 4.14. The highest BCUT2D eigenvalue weighted by Crippen LogP contribution is 2.12. The van der Waals surface area contributed by atoms with E-state index in [0.717, 1.165) is 0 Å². The van der Waals surface area contributed by atoms with Gasteiger partial charge in [0, 0.05) is 19.1 Å². The zero-order valence-corrected chi connectivity index (χ0v) is 9.74. The monoisotopic (exact) mass is 234 g/mol. The minimum absolute atomic E-state index is 0.0291. The number of ether oxygens (including phenoxy) is 1. The highest BCUT2D eigenvalue weighted by atomic mass is 32.2. The predicted octanol–water partition coefficient (Wildman–Crippen LogP) is -0.450. The molecule has 0 aliphatic carbocycles. The summed E-state index contributed by atoms with van der Waals surface area (Å²) >= 11 is 0. The Morgan fingerprint density at radius 3 is 2.93 bits per heavy atom. The molecule has 0 radical (unpaired) electrons. The molecule has 0 aromatic rings. The van der Waals surface area contributed by atoms with Crippen molar-refractivity contribution in [3.05, 3.63) is 12.7 Å². The molecule has 0 aromatic heterocycles. The van der Waals surface area contributed by atoms with Crippen LogP contribution in [0.1, 0.15) is 6.92 Å². The molecule has 2 atom stereocenters. The molecular formula is C9H18N2O3S. The topological polar surface area (TPSA) is 72.6 Å². The van der Waals surface area contributed by atoms with E-state index in [4.69, 9.17) is 10.5 Å². The van der Waals surface area contributed by atoms with Crippen LogP contribution in [0.2, 0.25) is 0 Å². The lowest BCUT2D eigenvalue weighted by molar-refractivity contribution is -0.0119. The summed E-state index contributed by atoms with van der Waals surface area (Å²) in [5, 5.41) is 0. The van der Waals surface area contributed by atoms with Gasteiger partial charge >= 0.3 is 0 Å². The van der Waals surface area contributed by atoms with Crippen LogP contribution >= 0.6 is 0 Å². The Morgan fingerprint density at radius 2 is 2.40 bits per heavy atom. The van der Waals surface area contributed by atoms with Crippen LogP contribution in [0.15, 0.2) is 12.7 Å². The molecule has 15 heavy (non-hydrogen) atoms. The molecule has 5 nitrogen and oxygen atoms in total. The van der Waals surface area contributed by atoms with Gasteiger partial charge in [-0.3, -0.25) is 0 Å². The number of hydrogen-bond acceptors (Lipinski definition) is 4. The summed E-state index contributed by atoms with van der Waals surface area (Å²) in [5.74, 6) is -0.0291. The quantitative estimate of drug-likeness (QED) is 0.669. The Morgan fingerprint density at radius 1 is 1.73 bits per heavy atom. The van der Waals surface area contributed by atoms with E-state index in [1.165, 1.54) is 10.4 Å². The molecule has 2 N–H and O–H groups in total. The number of nitrogens with two attached hydrogens (primary N) is 1. The first kappa shape index (κ1) is 12.6. The maximum Gasteiger partial charge on any atom is 0.217 e. The first-order chi connectivity index (χ1) is 6.97. The number of morpholine rings is 1. The number of sulfonamides is 1. The van der Waals surface area contributed by atoms with Gasteiger partial charge in [-0.05, 0) is 6.92 Å². The van der Waals surface area contributed by atoms with Gasteiger partial charge in [0.05, 0.1) is 18.5 Å². The average Bonchev–Trinajstić information content (AvgIpc) is 2.18. The molecule has 2 unspecified atom stereocenters. The van der Waals surface area contributed by atoms with Gasteiger partial charge < -0.3 is 10.5 Å². The molecule has 1 rings (SSSR count). The number of rotatable bonds is 4. The van der Waals surface area contributed by atoms with Crippen LogP contribution < -0.4 is 5.73 Å².